The predicted octanol–water partition coefficient (Wildman–Crippen LogP) is 0.594. The standard InChI is InChI=1S/C18H25N3O5S/c1-18(2,20-7-9-26-10-8-20)13-19-17(23)14-4-3-5-15(12-14)21-16(22)6-11-27(21,24)25/h3-5,12H,6-11,13H2,1-2H3,(H,19,23). The van der Waals surface area contributed by atoms with Gasteiger partial charge in [-0.15, -0.1) is 0 Å². The van der Waals surface area contributed by atoms with Crippen molar-refractivity contribution in [1.29, 1.82) is 0 Å². The van der Waals surface area contributed by atoms with Crippen molar-refractivity contribution < 1.29 is 22.7 Å². The smallest absolute Gasteiger partial charge is 0.251 e. The maximum absolute atomic E-state index is 12.6. The van der Waals surface area contributed by atoms with E-state index < -0.39 is 15.9 Å². The highest BCUT2D eigenvalue weighted by atomic mass is 32.2. The van der Waals surface area contributed by atoms with E-state index in [2.05, 4.69) is 24.1 Å². The van der Waals surface area contributed by atoms with Gasteiger partial charge in [-0.1, -0.05) is 6.07 Å². The first kappa shape index (κ1) is 19.8. The summed E-state index contributed by atoms with van der Waals surface area (Å²) in [5.74, 6) is -0.973. The molecule has 2 fully saturated rings. The number of hydrogen-bond acceptors (Lipinski definition) is 6. The van der Waals surface area contributed by atoms with Crippen molar-refractivity contribution in [3.05, 3.63) is 29.8 Å². The molecule has 0 atom stereocenters. The third-order valence-corrected chi connectivity index (χ3v) is 6.66. The number of morpholine rings is 1. The maximum atomic E-state index is 12.6. The van der Waals surface area contributed by atoms with E-state index in [0.29, 0.717) is 25.3 Å². The van der Waals surface area contributed by atoms with Crippen molar-refractivity contribution in [1.82, 2.24) is 10.2 Å². The minimum absolute atomic E-state index is 0.0352. The van der Waals surface area contributed by atoms with Crippen LogP contribution in [0.2, 0.25) is 0 Å². The third kappa shape index (κ3) is 4.31. The van der Waals surface area contributed by atoms with Gasteiger partial charge in [0, 0.05) is 37.2 Å². The van der Waals surface area contributed by atoms with E-state index in [1.807, 2.05) is 0 Å². The number of nitrogens with one attached hydrogen (secondary N) is 1. The summed E-state index contributed by atoms with van der Waals surface area (Å²) < 4.78 is 30.3. The Labute approximate surface area is 159 Å². The molecule has 0 saturated carbocycles. The van der Waals surface area contributed by atoms with Crippen LogP contribution in [0, 0.1) is 0 Å². The Kier molecular flexibility index (Phi) is 5.55. The van der Waals surface area contributed by atoms with Crippen molar-refractivity contribution in [2.75, 3.05) is 42.9 Å². The molecular formula is C18H25N3O5S. The van der Waals surface area contributed by atoms with E-state index >= 15 is 0 Å². The normalized spacial score (nSPS) is 20.7. The van der Waals surface area contributed by atoms with Gasteiger partial charge in [-0.05, 0) is 32.0 Å². The van der Waals surface area contributed by atoms with E-state index in [0.717, 1.165) is 17.4 Å². The zero-order valence-electron chi connectivity index (χ0n) is 15.6. The predicted molar refractivity (Wildman–Crippen MR) is 101 cm³/mol. The van der Waals surface area contributed by atoms with Crippen molar-refractivity contribution in [3.8, 4) is 0 Å². The minimum Gasteiger partial charge on any atom is -0.379 e. The Hall–Kier alpha value is -1.97. The van der Waals surface area contributed by atoms with Gasteiger partial charge in [0.25, 0.3) is 5.91 Å². The van der Waals surface area contributed by atoms with Crippen LogP contribution in [0.4, 0.5) is 5.69 Å². The lowest BCUT2D eigenvalue weighted by Gasteiger charge is -2.40. The number of carbonyl (C=O) groups is 2. The molecule has 2 amide bonds. The number of benzene rings is 1. The van der Waals surface area contributed by atoms with E-state index in [4.69, 9.17) is 4.74 Å². The number of anilines is 1. The van der Waals surface area contributed by atoms with Crippen molar-refractivity contribution in [2.24, 2.45) is 0 Å². The number of nitrogens with zero attached hydrogens (tertiary/aromatic N) is 2. The van der Waals surface area contributed by atoms with Gasteiger partial charge in [-0.2, -0.15) is 0 Å². The van der Waals surface area contributed by atoms with Gasteiger partial charge >= 0.3 is 0 Å². The van der Waals surface area contributed by atoms with Crippen LogP contribution in [0.3, 0.4) is 0 Å². The summed E-state index contributed by atoms with van der Waals surface area (Å²) in [4.78, 5) is 26.8. The number of ether oxygens (including phenoxy) is 1. The van der Waals surface area contributed by atoms with E-state index in [9.17, 15) is 18.0 Å². The number of amides is 2. The fourth-order valence-corrected chi connectivity index (χ4v) is 4.77. The monoisotopic (exact) mass is 395 g/mol. The van der Waals surface area contributed by atoms with Gasteiger partial charge in [0.1, 0.15) is 0 Å². The molecule has 9 heteroatoms. The van der Waals surface area contributed by atoms with Crippen LogP contribution in [-0.4, -0.2) is 69.3 Å². The topological polar surface area (TPSA) is 96.0 Å². The third-order valence-electron chi connectivity index (χ3n) is 4.97. The molecule has 1 N–H and O–H groups in total. The second kappa shape index (κ2) is 7.57. The zero-order chi connectivity index (χ0) is 19.7. The molecule has 2 aliphatic rings. The molecule has 0 bridgehead atoms. The fraction of sp³-hybridized carbons (Fsp3) is 0.556. The Balaban J connectivity index is 1.70. The average molecular weight is 395 g/mol. The highest BCUT2D eigenvalue weighted by Gasteiger charge is 2.36. The minimum atomic E-state index is -3.65. The molecule has 2 aliphatic heterocycles. The Morgan fingerprint density at radius 3 is 2.59 bits per heavy atom. The molecule has 0 spiro atoms. The lowest BCUT2D eigenvalue weighted by Crippen LogP contribution is -2.55. The molecule has 2 heterocycles. The second-order valence-corrected chi connectivity index (χ2v) is 9.31. The molecule has 8 nitrogen and oxygen atoms in total. The Bertz CT molecular complexity index is 831. The van der Waals surface area contributed by atoms with Gasteiger partial charge in [0.15, 0.2) is 0 Å². The molecule has 0 radical (unpaired) electrons. The first-order valence-electron chi connectivity index (χ1n) is 8.98. The van der Waals surface area contributed by atoms with Crippen molar-refractivity contribution >= 4 is 27.5 Å². The quantitative estimate of drug-likeness (QED) is 0.784. The van der Waals surface area contributed by atoms with E-state index in [1.165, 1.54) is 12.1 Å². The largest absolute Gasteiger partial charge is 0.379 e. The summed E-state index contributed by atoms with van der Waals surface area (Å²) in [6, 6.07) is 6.15. The van der Waals surface area contributed by atoms with Gasteiger partial charge in [-0.25, -0.2) is 12.7 Å². The molecule has 27 heavy (non-hydrogen) atoms. The second-order valence-electron chi connectivity index (χ2n) is 7.37. The van der Waals surface area contributed by atoms with Crippen LogP contribution in [0.25, 0.3) is 0 Å². The van der Waals surface area contributed by atoms with Crippen molar-refractivity contribution in [2.45, 2.75) is 25.8 Å². The van der Waals surface area contributed by atoms with Gasteiger partial charge in [-0.3, -0.25) is 14.5 Å². The molecule has 148 valence electrons. The molecule has 0 aromatic heterocycles. The summed E-state index contributed by atoms with van der Waals surface area (Å²) >= 11 is 0. The summed E-state index contributed by atoms with van der Waals surface area (Å²) in [7, 11) is -3.65. The molecule has 3 rings (SSSR count). The maximum Gasteiger partial charge on any atom is 0.251 e. The van der Waals surface area contributed by atoms with Crippen molar-refractivity contribution in [3.63, 3.8) is 0 Å². The lowest BCUT2D eigenvalue weighted by molar-refractivity contribution is -0.116. The molecular weight excluding hydrogens is 370 g/mol. The molecule has 1 aromatic carbocycles. The molecule has 1 aromatic rings. The summed E-state index contributed by atoms with van der Waals surface area (Å²) in [6.45, 7) is 7.54. The highest BCUT2D eigenvalue weighted by molar-refractivity contribution is 7.94. The van der Waals surface area contributed by atoms with Crippen LogP contribution in [0.15, 0.2) is 24.3 Å². The lowest BCUT2D eigenvalue weighted by atomic mass is 10.0. The van der Waals surface area contributed by atoms with E-state index in [1.54, 1.807) is 12.1 Å². The summed E-state index contributed by atoms with van der Waals surface area (Å²) in [5.41, 5.74) is 0.295. The SMILES string of the molecule is CC(C)(CNC(=O)c1cccc(N2C(=O)CCS2(=O)=O)c1)N1CCOCC1. The number of hydrogen-bond donors (Lipinski definition) is 1. The first-order valence-corrected chi connectivity index (χ1v) is 10.6. The fourth-order valence-electron chi connectivity index (χ4n) is 3.32. The zero-order valence-corrected chi connectivity index (χ0v) is 16.4. The Morgan fingerprint density at radius 1 is 1.26 bits per heavy atom. The van der Waals surface area contributed by atoms with Gasteiger partial charge < -0.3 is 10.1 Å². The van der Waals surface area contributed by atoms with Crippen LogP contribution >= 0.6 is 0 Å². The van der Waals surface area contributed by atoms with Crippen LogP contribution in [-0.2, 0) is 19.6 Å². The summed E-state index contributed by atoms with van der Waals surface area (Å²) in [6.07, 6.45) is -0.0352. The van der Waals surface area contributed by atoms with Crippen LogP contribution in [0.1, 0.15) is 30.6 Å². The average Bonchev–Trinajstić information content (AvgIpc) is 2.93. The highest BCUT2D eigenvalue weighted by Crippen LogP contribution is 2.26. The number of carbonyl (C=O) groups excluding carboxylic acids is 2. The molecule has 0 aliphatic carbocycles. The van der Waals surface area contributed by atoms with E-state index in [-0.39, 0.29) is 29.3 Å². The first-order chi connectivity index (χ1) is 12.7. The van der Waals surface area contributed by atoms with Crippen LogP contribution < -0.4 is 9.62 Å². The van der Waals surface area contributed by atoms with Gasteiger partial charge in [0.2, 0.25) is 15.9 Å². The number of rotatable bonds is 5. The Morgan fingerprint density at radius 2 is 1.96 bits per heavy atom. The summed E-state index contributed by atoms with van der Waals surface area (Å²) in [5, 5.41) is 2.91. The number of sulfonamides is 1. The molecule has 2 saturated heterocycles. The van der Waals surface area contributed by atoms with Gasteiger partial charge in [0.05, 0.1) is 24.7 Å². The van der Waals surface area contributed by atoms with Crippen LogP contribution in [0.5, 0.6) is 0 Å². The molecule has 0 unspecified atom stereocenters.